The molecule has 1 atom stereocenters. The number of carbonyl (C=O) groups excluding carboxylic acids is 2. The molecule has 1 aromatic carbocycles. The highest BCUT2D eigenvalue weighted by atomic mass is 16.5. The number of carbonyl (C=O) groups is 2. The van der Waals surface area contributed by atoms with E-state index in [2.05, 4.69) is 4.98 Å². The summed E-state index contributed by atoms with van der Waals surface area (Å²) >= 11 is 0. The maximum absolute atomic E-state index is 13.1. The van der Waals surface area contributed by atoms with Gasteiger partial charge in [-0.3, -0.25) is 9.59 Å². The number of piperidine rings is 1. The van der Waals surface area contributed by atoms with E-state index in [1.165, 1.54) is 0 Å². The van der Waals surface area contributed by atoms with E-state index < -0.39 is 5.41 Å². The number of esters is 1. The Bertz CT molecular complexity index is 846. The van der Waals surface area contributed by atoms with E-state index >= 15 is 0 Å². The predicted octanol–water partition coefficient (Wildman–Crippen LogP) is 3.89. The van der Waals surface area contributed by atoms with Gasteiger partial charge in [-0.2, -0.15) is 0 Å². The highest BCUT2D eigenvalue weighted by molar-refractivity contribution is 5.94. The molecule has 0 aliphatic carbocycles. The van der Waals surface area contributed by atoms with Gasteiger partial charge in [0.05, 0.1) is 18.6 Å². The van der Waals surface area contributed by atoms with Crippen LogP contribution in [0.25, 0.3) is 0 Å². The fraction of sp³-hybridized carbons (Fsp3) is 0.478. The summed E-state index contributed by atoms with van der Waals surface area (Å²) in [5.74, 6) is 0.467. The van der Waals surface area contributed by atoms with Crippen molar-refractivity contribution in [3.05, 3.63) is 53.3 Å². The van der Waals surface area contributed by atoms with Crippen molar-refractivity contribution in [1.82, 2.24) is 9.88 Å². The van der Waals surface area contributed by atoms with Gasteiger partial charge >= 0.3 is 5.97 Å². The van der Waals surface area contributed by atoms with Crippen molar-refractivity contribution < 1.29 is 19.1 Å². The molecule has 1 saturated heterocycles. The number of aromatic nitrogens is 1. The van der Waals surface area contributed by atoms with Crippen LogP contribution in [0.4, 0.5) is 0 Å². The summed E-state index contributed by atoms with van der Waals surface area (Å²) in [5.41, 5.74) is 1.74. The number of hydrogen-bond acceptors (Lipinski definition) is 4. The van der Waals surface area contributed by atoms with Crippen LogP contribution in [-0.2, 0) is 9.53 Å². The molecule has 1 aromatic heterocycles. The molecular formula is C23H30N2O4. The number of aryl methyl sites for hydroxylation is 2. The number of aromatic amines is 1. The van der Waals surface area contributed by atoms with Gasteiger partial charge in [-0.1, -0.05) is 18.2 Å². The van der Waals surface area contributed by atoms with Crippen molar-refractivity contribution in [2.45, 2.75) is 40.0 Å². The molecule has 1 fully saturated rings. The predicted molar refractivity (Wildman–Crippen MR) is 111 cm³/mol. The van der Waals surface area contributed by atoms with Crippen LogP contribution in [0, 0.1) is 19.3 Å². The number of H-pyrrole nitrogens is 1. The molecule has 1 amide bonds. The van der Waals surface area contributed by atoms with Crippen LogP contribution >= 0.6 is 0 Å². The number of benzene rings is 1. The van der Waals surface area contributed by atoms with E-state index in [-0.39, 0.29) is 11.9 Å². The molecule has 1 aliphatic rings. The Kier molecular flexibility index (Phi) is 6.62. The maximum Gasteiger partial charge on any atom is 0.314 e. The van der Waals surface area contributed by atoms with Crippen molar-refractivity contribution in [2.24, 2.45) is 5.41 Å². The SMILES string of the molecule is CCOC(=O)[C@@]1(CCOc2ccccc2)CCCN(C(=O)c2[nH]c(C)cc2C)C1. The average molecular weight is 399 g/mol. The van der Waals surface area contributed by atoms with Crippen molar-refractivity contribution in [3.8, 4) is 5.75 Å². The zero-order valence-corrected chi connectivity index (χ0v) is 17.5. The molecule has 156 valence electrons. The standard InChI is InChI=1S/C23H30N2O4/c1-4-28-22(27)23(12-14-29-19-9-6-5-7-10-19)11-8-13-25(16-23)21(26)20-17(2)15-18(3)24-20/h5-7,9-10,15,24H,4,8,11-14,16H2,1-3H3/t23-/m1/s1. The molecule has 2 heterocycles. The Morgan fingerprint density at radius 1 is 1.21 bits per heavy atom. The third-order valence-electron chi connectivity index (χ3n) is 5.53. The summed E-state index contributed by atoms with van der Waals surface area (Å²) < 4.78 is 11.3. The van der Waals surface area contributed by atoms with Gasteiger partial charge < -0.3 is 19.4 Å². The highest BCUT2D eigenvalue weighted by Gasteiger charge is 2.45. The molecule has 6 nitrogen and oxygen atoms in total. The van der Waals surface area contributed by atoms with Gasteiger partial charge in [-0.05, 0) is 63.8 Å². The van der Waals surface area contributed by atoms with Gasteiger partial charge in [-0.25, -0.2) is 0 Å². The van der Waals surface area contributed by atoms with Gasteiger partial charge in [0.1, 0.15) is 11.4 Å². The van der Waals surface area contributed by atoms with E-state index in [9.17, 15) is 9.59 Å². The molecule has 3 rings (SSSR count). The number of para-hydroxylation sites is 1. The molecule has 0 bridgehead atoms. The Balaban J connectivity index is 1.75. The molecule has 0 radical (unpaired) electrons. The second-order valence-electron chi connectivity index (χ2n) is 7.75. The Morgan fingerprint density at radius 2 is 1.97 bits per heavy atom. The zero-order chi connectivity index (χ0) is 20.9. The highest BCUT2D eigenvalue weighted by Crippen LogP contribution is 2.36. The third-order valence-corrected chi connectivity index (χ3v) is 5.53. The summed E-state index contributed by atoms with van der Waals surface area (Å²) in [6, 6.07) is 11.5. The number of nitrogens with one attached hydrogen (secondary N) is 1. The first-order chi connectivity index (χ1) is 13.9. The molecule has 0 saturated carbocycles. The third kappa shape index (κ3) is 4.81. The van der Waals surface area contributed by atoms with E-state index in [1.54, 1.807) is 4.90 Å². The lowest BCUT2D eigenvalue weighted by molar-refractivity contribution is -0.159. The summed E-state index contributed by atoms with van der Waals surface area (Å²) in [6.45, 7) is 7.37. The van der Waals surface area contributed by atoms with Gasteiger partial charge in [-0.15, -0.1) is 0 Å². The van der Waals surface area contributed by atoms with Crippen LogP contribution in [0.1, 0.15) is 47.9 Å². The maximum atomic E-state index is 13.1. The fourth-order valence-electron chi connectivity index (χ4n) is 4.05. The molecule has 2 aromatic rings. The number of hydrogen-bond donors (Lipinski definition) is 1. The molecule has 0 spiro atoms. The monoisotopic (exact) mass is 398 g/mol. The summed E-state index contributed by atoms with van der Waals surface area (Å²) in [7, 11) is 0. The first-order valence-corrected chi connectivity index (χ1v) is 10.3. The summed E-state index contributed by atoms with van der Waals surface area (Å²) in [5, 5.41) is 0. The largest absolute Gasteiger partial charge is 0.494 e. The van der Waals surface area contributed by atoms with E-state index in [0.29, 0.717) is 44.8 Å². The van der Waals surface area contributed by atoms with Crippen molar-refractivity contribution in [3.63, 3.8) is 0 Å². The number of rotatable bonds is 7. The summed E-state index contributed by atoms with van der Waals surface area (Å²) in [6.07, 6.45) is 1.96. The minimum absolute atomic E-state index is 0.0621. The van der Waals surface area contributed by atoms with E-state index in [1.807, 2.05) is 57.2 Å². The second-order valence-corrected chi connectivity index (χ2v) is 7.75. The Morgan fingerprint density at radius 3 is 2.62 bits per heavy atom. The molecule has 29 heavy (non-hydrogen) atoms. The van der Waals surface area contributed by atoms with Crippen LogP contribution in [0.3, 0.4) is 0 Å². The first kappa shape index (κ1) is 21.0. The van der Waals surface area contributed by atoms with E-state index in [4.69, 9.17) is 9.47 Å². The lowest BCUT2D eigenvalue weighted by Gasteiger charge is -2.40. The first-order valence-electron chi connectivity index (χ1n) is 10.3. The van der Waals surface area contributed by atoms with Crippen LogP contribution in [0.5, 0.6) is 5.75 Å². The Hall–Kier alpha value is -2.76. The number of likely N-dealkylation sites (tertiary alicyclic amines) is 1. The minimum atomic E-state index is -0.742. The van der Waals surface area contributed by atoms with Crippen LogP contribution in [0.15, 0.2) is 36.4 Å². The molecule has 1 N–H and O–H groups in total. The van der Waals surface area contributed by atoms with Crippen LogP contribution in [-0.4, -0.2) is 48.1 Å². The topological polar surface area (TPSA) is 71.6 Å². The smallest absolute Gasteiger partial charge is 0.314 e. The van der Waals surface area contributed by atoms with Gasteiger partial charge in [0, 0.05) is 18.8 Å². The summed E-state index contributed by atoms with van der Waals surface area (Å²) in [4.78, 5) is 31.0. The normalized spacial score (nSPS) is 19.1. The molecule has 1 aliphatic heterocycles. The van der Waals surface area contributed by atoms with Gasteiger partial charge in [0.25, 0.3) is 5.91 Å². The number of nitrogens with zero attached hydrogens (tertiary/aromatic N) is 1. The fourth-order valence-corrected chi connectivity index (χ4v) is 4.05. The average Bonchev–Trinajstić information content (AvgIpc) is 3.06. The zero-order valence-electron chi connectivity index (χ0n) is 17.5. The van der Waals surface area contributed by atoms with Gasteiger partial charge in [0.2, 0.25) is 0 Å². The lowest BCUT2D eigenvalue weighted by Crippen LogP contribution is -2.51. The molecule has 6 heteroatoms. The molecule has 0 unspecified atom stereocenters. The molecular weight excluding hydrogens is 368 g/mol. The quantitative estimate of drug-likeness (QED) is 0.719. The number of amides is 1. The van der Waals surface area contributed by atoms with Crippen molar-refractivity contribution in [1.29, 1.82) is 0 Å². The van der Waals surface area contributed by atoms with Gasteiger partial charge in [0.15, 0.2) is 0 Å². The Labute approximate surface area is 172 Å². The van der Waals surface area contributed by atoms with Crippen molar-refractivity contribution >= 4 is 11.9 Å². The van der Waals surface area contributed by atoms with Crippen molar-refractivity contribution in [2.75, 3.05) is 26.3 Å². The second kappa shape index (κ2) is 9.16. The van der Waals surface area contributed by atoms with E-state index in [0.717, 1.165) is 23.4 Å². The number of ether oxygens (including phenoxy) is 2. The lowest BCUT2D eigenvalue weighted by atomic mass is 9.77. The van der Waals surface area contributed by atoms with Crippen LogP contribution < -0.4 is 4.74 Å². The van der Waals surface area contributed by atoms with Crippen LogP contribution in [0.2, 0.25) is 0 Å². The minimum Gasteiger partial charge on any atom is -0.494 e.